The number of fused-ring (bicyclic) bond motifs is 1. The van der Waals surface area contributed by atoms with Gasteiger partial charge >= 0.3 is 5.97 Å². The molecule has 3 aromatic rings. The molecule has 0 saturated carbocycles. The summed E-state index contributed by atoms with van der Waals surface area (Å²) in [6.45, 7) is 0. The molecule has 3 heterocycles. The van der Waals surface area contributed by atoms with Gasteiger partial charge in [-0.15, -0.1) is 0 Å². The number of H-pyrrole nitrogens is 1. The molecule has 0 aliphatic carbocycles. The Morgan fingerprint density at radius 1 is 1.26 bits per heavy atom. The van der Waals surface area contributed by atoms with E-state index in [9.17, 15) is 4.79 Å². The predicted octanol–water partition coefficient (Wildman–Crippen LogP) is 2.94. The number of carbonyl (C=O) groups is 1. The highest BCUT2D eigenvalue weighted by molar-refractivity contribution is 9.10. The molecule has 0 aliphatic rings. The van der Waals surface area contributed by atoms with Crippen LogP contribution in [-0.2, 0) is 0 Å². The third-order valence-corrected chi connectivity index (χ3v) is 3.03. The van der Waals surface area contributed by atoms with Gasteiger partial charge in [0.15, 0.2) is 0 Å². The van der Waals surface area contributed by atoms with Crippen molar-refractivity contribution in [2.75, 3.05) is 0 Å². The SMILES string of the molecule is O=C(Oc1ccc(Br)nc1)c1c[nH]c2cccnc12. The lowest BCUT2D eigenvalue weighted by molar-refractivity contribution is 0.0736. The molecule has 0 atom stereocenters. The number of nitrogens with zero attached hydrogens (tertiary/aromatic N) is 2. The first-order valence-corrected chi connectivity index (χ1v) is 6.29. The summed E-state index contributed by atoms with van der Waals surface area (Å²) >= 11 is 3.22. The Morgan fingerprint density at radius 2 is 2.16 bits per heavy atom. The molecule has 1 N–H and O–H groups in total. The van der Waals surface area contributed by atoms with E-state index in [-0.39, 0.29) is 0 Å². The molecule has 0 unspecified atom stereocenters. The molecule has 0 fully saturated rings. The van der Waals surface area contributed by atoms with Gasteiger partial charge in [-0.2, -0.15) is 0 Å². The van der Waals surface area contributed by atoms with Crippen molar-refractivity contribution in [2.24, 2.45) is 0 Å². The largest absolute Gasteiger partial charge is 0.421 e. The van der Waals surface area contributed by atoms with E-state index < -0.39 is 5.97 Å². The maximum Gasteiger partial charge on any atom is 0.347 e. The maximum atomic E-state index is 12.1. The van der Waals surface area contributed by atoms with Gasteiger partial charge in [0.1, 0.15) is 21.4 Å². The van der Waals surface area contributed by atoms with E-state index in [0.717, 1.165) is 5.52 Å². The quantitative estimate of drug-likeness (QED) is 0.583. The maximum absolute atomic E-state index is 12.1. The van der Waals surface area contributed by atoms with Gasteiger partial charge in [0.25, 0.3) is 0 Å². The molecule has 6 heteroatoms. The zero-order valence-electron chi connectivity index (χ0n) is 9.63. The minimum Gasteiger partial charge on any atom is -0.421 e. The number of halogens is 1. The molecule has 3 rings (SSSR count). The van der Waals surface area contributed by atoms with E-state index in [1.807, 2.05) is 6.07 Å². The fourth-order valence-electron chi connectivity index (χ4n) is 1.69. The summed E-state index contributed by atoms with van der Waals surface area (Å²) < 4.78 is 5.92. The van der Waals surface area contributed by atoms with Crippen molar-refractivity contribution in [1.29, 1.82) is 0 Å². The van der Waals surface area contributed by atoms with Crippen LogP contribution in [0.5, 0.6) is 5.75 Å². The summed E-state index contributed by atoms with van der Waals surface area (Å²) in [6.07, 6.45) is 4.70. The Balaban J connectivity index is 1.90. The number of carbonyl (C=O) groups excluding carboxylic acids is 1. The second kappa shape index (κ2) is 4.81. The third kappa shape index (κ3) is 2.34. The number of hydrogen-bond donors (Lipinski definition) is 1. The van der Waals surface area contributed by atoms with Gasteiger partial charge in [0, 0.05) is 12.4 Å². The van der Waals surface area contributed by atoms with Crippen LogP contribution >= 0.6 is 15.9 Å². The molecule has 0 radical (unpaired) electrons. The normalized spacial score (nSPS) is 10.6. The molecule has 5 nitrogen and oxygen atoms in total. The molecule has 0 spiro atoms. The third-order valence-electron chi connectivity index (χ3n) is 2.57. The summed E-state index contributed by atoms with van der Waals surface area (Å²) in [7, 11) is 0. The predicted molar refractivity (Wildman–Crippen MR) is 73.0 cm³/mol. The lowest BCUT2D eigenvalue weighted by atomic mass is 10.3. The number of esters is 1. The van der Waals surface area contributed by atoms with Gasteiger partial charge in [0.2, 0.25) is 0 Å². The van der Waals surface area contributed by atoms with Crippen LogP contribution in [0.15, 0.2) is 47.5 Å². The second-order valence-corrected chi connectivity index (χ2v) is 4.62. The van der Waals surface area contributed by atoms with Crippen LogP contribution in [-0.4, -0.2) is 20.9 Å². The Labute approximate surface area is 116 Å². The Bertz CT molecular complexity index is 737. The summed E-state index contributed by atoms with van der Waals surface area (Å²) in [4.78, 5) is 23.2. The van der Waals surface area contributed by atoms with Crippen molar-refractivity contribution in [3.05, 3.63) is 53.0 Å². The minimum atomic E-state index is -0.464. The van der Waals surface area contributed by atoms with Gasteiger partial charge < -0.3 is 9.72 Å². The molecule has 3 aromatic heterocycles. The van der Waals surface area contributed by atoms with Crippen LogP contribution < -0.4 is 4.74 Å². The standard InChI is InChI=1S/C13H8BrN3O2/c14-11-4-3-8(6-17-11)19-13(18)9-7-16-10-2-1-5-15-12(9)10/h1-7,16H. The van der Waals surface area contributed by atoms with Crippen molar-refractivity contribution >= 4 is 32.9 Å². The summed E-state index contributed by atoms with van der Waals surface area (Å²) in [5.41, 5.74) is 1.79. The van der Waals surface area contributed by atoms with E-state index in [4.69, 9.17) is 4.74 Å². The average Bonchev–Trinajstić information content (AvgIpc) is 2.85. The zero-order valence-corrected chi connectivity index (χ0v) is 11.2. The van der Waals surface area contributed by atoms with Gasteiger partial charge in [-0.3, -0.25) is 4.98 Å². The van der Waals surface area contributed by atoms with Crippen LogP contribution in [0.1, 0.15) is 10.4 Å². The highest BCUT2D eigenvalue weighted by Crippen LogP contribution is 2.18. The topological polar surface area (TPSA) is 67.9 Å². The summed E-state index contributed by atoms with van der Waals surface area (Å²) in [5, 5.41) is 0. The van der Waals surface area contributed by atoms with Crippen LogP contribution in [0.2, 0.25) is 0 Å². The summed E-state index contributed by atoms with van der Waals surface area (Å²) in [6, 6.07) is 7.01. The Kier molecular flexibility index (Phi) is 3.00. The van der Waals surface area contributed by atoms with Crippen molar-refractivity contribution in [1.82, 2.24) is 15.0 Å². The molecule has 0 saturated heterocycles. The number of nitrogens with one attached hydrogen (secondary N) is 1. The van der Waals surface area contributed by atoms with Crippen LogP contribution in [0.25, 0.3) is 11.0 Å². The van der Waals surface area contributed by atoms with Gasteiger partial charge in [-0.05, 0) is 40.2 Å². The highest BCUT2D eigenvalue weighted by Gasteiger charge is 2.15. The first kappa shape index (κ1) is 11.9. The molecule has 0 amide bonds. The number of ether oxygens (including phenoxy) is 1. The molecule has 94 valence electrons. The van der Waals surface area contributed by atoms with Crippen molar-refractivity contribution in [2.45, 2.75) is 0 Å². The summed E-state index contributed by atoms with van der Waals surface area (Å²) in [5.74, 6) is -0.0763. The van der Waals surface area contributed by atoms with Gasteiger partial charge in [-0.1, -0.05) is 0 Å². The Morgan fingerprint density at radius 3 is 2.95 bits per heavy atom. The number of aromatic nitrogens is 3. The van der Waals surface area contributed by atoms with E-state index in [2.05, 4.69) is 30.9 Å². The number of pyridine rings is 2. The monoisotopic (exact) mass is 317 g/mol. The molecular weight excluding hydrogens is 310 g/mol. The smallest absolute Gasteiger partial charge is 0.347 e. The lowest BCUT2D eigenvalue weighted by Gasteiger charge is -2.02. The van der Waals surface area contributed by atoms with E-state index in [1.54, 1.807) is 30.6 Å². The molecule has 0 aliphatic heterocycles. The van der Waals surface area contributed by atoms with Gasteiger partial charge in [0.05, 0.1) is 11.7 Å². The first-order chi connectivity index (χ1) is 9.24. The lowest BCUT2D eigenvalue weighted by Crippen LogP contribution is -2.08. The fourth-order valence-corrected chi connectivity index (χ4v) is 1.93. The van der Waals surface area contributed by atoms with Crippen LogP contribution in [0.3, 0.4) is 0 Å². The van der Waals surface area contributed by atoms with E-state index >= 15 is 0 Å². The Hall–Kier alpha value is -2.21. The highest BCUT2D eigenvalue weighted by atomic mass is 79.9. The van der Waals surface area contributed by atoms with Crippen molar-refractivity contribution in [3.8, 4) is 5.75 Å². The zero-order chi connectivity index (χ0) is 13.2. The van der Waals surface area contributed by atoms with Crippen LogP contribution in [0.4, 0.5) is 0 Å². The van der Waals surface area contributed by atoms with E-state index in [1.165, 1.54) is 6.20 Å². The number of aromatic amines is 1. The second-order valence-electron chi connectivity index (χ2n) is 3.81. The van der Waals surface area contributed by atoms with Crippen molar-refractivity contribution in [3.63, 3.8) is 0 Å². The molecule has 0 bridgehead atoms. The van der Waals surface area contributed by atoms with Crippen LogP contribution in [0, 0.1) is 0 Å². The first-order valence-electron chi connectivity index (χ1n) is 5.50. The van der Waals surface area contributed by atoms with E-state index in [0.29, 0.717) is 21.4 Å². The number of rotatable bonds is 2. The molecule has 0 aromatic carbocycles. The van der Waals surface area contributed by atoms with Crippen molar-refractivity contribution < 1.29 is 9.53 Å². The fraction of sp³-hybridized carbons (Fsp3) is 0. The van der Waals surface area contributed by atoms with Gasteiger partial charge in [-0.25, -0.2) is 9.78 Å². The molecule has 19 heavy (non-hydrogen) atoms. The number of hydrogen-bond acceptors (Lipinski definition) is 4. The minimum absolute atomic E-state index is 0.387. The molecular formula is C13H8BrN3O2. The average molecular weight is 318 g/mol.